The molecule has 0 amide bonds. The van der Waals surface area contributed by atoms with Crippen LogP contribution in [-0.2, 0) is 17.8 Å². The molecular weight excluding hydrogens is 362 g/mol. The van der Waals surface area contributed by atoms with Crippen LogP contribution in [0.15, 0.2) is 72.9 Å². The van der Waals surface area contributed by atoms with Crippen LogP contribution in [0.3, 0.4) is 0 Å². The van der Waals surface area contributed by atoms with Gasteiger partial charge in [0.05, 0.1) is 0 Å². The molecular formula is C25H23NO3. The van der Waals surface area contributed by atoms with Crippen LogP contribution in [0.1, 0.15) is 23.1 Å². The third kappa shape index (κ3) is 4.49. The Morgan fingerprint density at radius 1 is 1.00 bits per heavy atom. The van der Waals surface area contributed by atoms with Crippen molar-refractivity contribution in [2.45, 2.75) is 26.4 Å². The number of aliphatic carboxylic acids is 1. The van der Waals surface area contributed by atoms with Crippen LogP contribution in [0.5, 0.6) is 5.75 Å². The second-order valence-corrected chi connectivity index (χ2v) is 7.28. The molecule has 0 atom stereocenters. The van der Waals surface area contributed by atoms with Gasteiger partial charge in [0.1, 0.15) is 12.4 Å². The Labute approximate surface area is 169 Å². The molecule has 4 heteroatoms. The van der Waals surface area contributed by atoms with E-state index in [1.807, 2.05) is 36.5 Å². The minimum Gasteiger partial charge on any atom is -0.488 e. The minimum atomic E-state index is -0.792. The van der Waals surface area contributed by atoms with Gasteiger partial charge in [-0.05, 0) is 65.8 Å². The molecule has 4 nitrogen and oxygen atoms in total. The van der Waals surface area contributed by atoms with Crippen molar-refractivity contribution in [2.24, 2.45) is 0 Å². The molecule has 0 radical (unpaired) electrons. The maximum Gasteiger partial charge on any atom is 0.303 e. The van der Waals surface area contributed by atoms with E-state index in [9.17, 15) is 4.79 Å². The number of aromatic nitrogens is 1. The predicted octanol–water partition coefficient (Wildman–Crippen LogP) is 5.74. The van der Waals surface area contributed by atoms with Crippen LogP contribution < -0.4 is 4.74 Å². The number of carboxylic acids is 1. The highest BCUT2D eigenvalue weighted by molar-refractivity contribution is 5.86. The van der Waals surface area contributed by atoms with Crippen LogP contribution >= 0.6 is 0 Å². The monoisotopic (exact) mass is 385 g/mol. The summed E-state index contributed by atoms with van der Waals surface area (Å²) in [6, 6.07) is 22.5. The van der Waals surface area contributed by atoms with Gasteiger partial charge in [0.15, 0.2) is 0 Å². The van der Waals surface area contributed by atoms with Crippen molar-refractivity contribution in [2.75, 3.05) is 0 Å². The number of rotatable bonds is 7. The van der Waals surface area contributed by atoms with E-state index in [4.69, 9.17) is 9.84 Å². The second kappa shape index (κ2) is 8.23. The first-order chi connectivity index (χ1) is 14.1. The van der Waals surface area contributed by atoms with E-state index < -0.39 is 5.97 Å². The van der Waals surface area contributed by atoms with Gasteiger partial charge in [0.2, 0.25) is 0 Å². The van der Waals surface area contributed by atoms with Gasteiger partial charge in [-0.1, -0.05) is 42.0 Å². The summed E-state index contributed by atoms with van der Waals surface area (Å²) in [4.78, 5) is 14.2. The van der Waals surface area contributed by atoms with Gasteiger partial charge < -0.3 is 14.8 Å². The maximum atomic E-state index is 11.0. The van der Waals surface area contributed by atoms with E-state index in [1.165, 1.54) is 5.56 Å². The quantitative estimate of drug-likeness (QED) is 0.426. The fourth-order valence-electron chi connectivity index (χ4n) is 3.52. The highest BCUT2D eigenvalue weighted by atomic mass is 16.5. The van der Waals surface area contributed by atoms with Gasteiger partial charge in [0, 0.05) is 23.7 Å². The summed E-state index contributed by atoms with van der Waals surface area (Å²) >= 11 is 0. The van der Waals surface area contributed by atoms with Crippen molar-refractivity contribution in [1.82, 2.24) is 4.98 Å². The molecule has 1 heterocycles. The van der Waals surface area contributed by atoms with Crippen molar-refractivity contribution in [1.29, 1.82) is 0 Å². The number of hydrogen-bond donors (Lipinski definition) is 2. The molecule has 0 bridgehead atoms. The molecule has 146 valence electrons. The highest BCUT2D eigenvalue weighted by Gasteiger charge is 2.11. The average molecular weight is 385 g/mol. The maximum absolute atomic E-state index is 11.0. The third-order valence-corrected chi connectivity index (χ3v) is 5.01. The molecule has 0 aliphatic rings. The highest BCUT2D eigenvalue weighted by Crippen LogP contribution is 2.34. The Bertz CT molecular complexity index is 1160. The summed E-state index contributed by atoms with van der Waals surface area (Å²) in [6.45, 7) is 2.55. The van der Waals surface area contributed by atoms with E-state index in [-0.39, 0.29) is 6.42 Å². The van der Waals surface area contributed by atoms with Crippen molar-refractivity contribution in [3.05, 3.63) is 89.6 Å². The number of H-pyrrole nitrogens is 1. The fraction of sp³-hybridized carbons (Fsp3) is 0.160. The average Bonchev–Trinajstić information content (AvgIpc) is 3.19. The molecule has 0 saturated heterocycles. The Morgan fingerprint density at radius 2 is 1.90 bits per heavy atom. The largest absolute Gasteiger partial charge is 0.488 e. The number of carbonyl (C=O) groups is 1. The van der Waals surface area contributed by atoms with Crippen LogP contribution in [0.25, 0.3) is 22.0 Å². The van der Waals surface area contributed by atoms with E-state index in [0.29, 0.717) is 13.0 Å². The van der Waals surface area contributed by atoms with Gasteiger partial charge in [-0.15, -0.1) is 0 Å². The molecule has 0 saturated carbocycles. The van der Waals surface area contributed by atoms with Gasteiger partial charge in [-0.2, -0.15) is 0 Å². The topological polar surface area (TPSA) is 62.3 Å². The second-order valence-electron chi connectivity index (χ2n) is 7.28. The van der Waals surface area contributed by atoms with Crippen LogP contribution in [0, 0.1) is 6.92 Å². The van der Waals surface area contributed by atoms with E-state index in [1.54, 1.807) is 0 Å². The Balaban J connectivity index is 1.67. The molecule has 1 aromatic heterocycles. The third-order valence-electron chi connectivity index (χ3n) is 5.01. The number of aryl methyl sites for hydroxylation is 2. The Morgan fingerprint density at radius 3 is 2.72 bits per heavy atom. The van der Waals surface area contributed by atoms with Gasteiger partial charge in [-0.25, -0.2) is 0 Å². The summed E-state index contributed by atoms with van der Waals surface area (Å²) < 4.78 is 6.18. The number of nitrogens with one attached hydrogen (secondary N) is 1. The lowest BCUT2D eigenvalue weighted by Crippen LogP contribution is -2.00. The first-order valence-corrected chi connectivity index (χ1v) is 9.69. The van der Waals surface area contributed by atoms with Crippen molar-refractivity contribution >= 4 is 16.9 Å². The number of hydrogen-bond acceptors (Lipinski definition) is 2. The van der Waals surface area contributed by atoms with Crippen LogP contribution in [0.4, 0.5) is 0 Å². The zero-order valence-electron chi connectivity index (χ0n) is 16.3. The van der Waals surface area contributed by atoms with Gasteiger partial charge in [-0.3, -0.25) is 4.79 Å². The lowest BCUT2D eigenvalue weighted by Gasteiger charge is -2.14. The van der Waals surface area contributed by atoms with E-state index >= 15 is 0 Å². The van der Waals surface area contributed by atoms with Crippen molar-refractivity contribution < 1.29 is 14.6 Å². The number of carboxylic acid groups (broad SMARTS) is 1. The molecule has 0 unspecified atom stereocenters. The van der Waals surface area contributed by atoms with Gasteiger partial charge >= 0.3 is 5.97 Å². The zero-order valence-corrected chi connectivity index (χ0v) is 16.3. The van der Waals surface area contributed by atoms with Crippen LogP contribution in [-0.4, -0.2) is 16.1 Å². The summed E-state index contributed by atoms with van der Waals surface area (Å²) in [5, 5.41) is 10.1. The number of aromatic amines is 1. The first-order valence-electron chi connectivity index (χ1n) is 9.69. The predicted molar refractivity (Wildman–Crippen MR) is 115 cm³/mol. The molecule has 3 aromatic carbocycles. The summed E-state index contributed by atoms with van der Waals surface area (Å²) in [5.74, 6) is 0.000494. The molecule has 0 aliphatic carbocycles. The summed E-state index contributed by atoms with van der Waals surface area (Å²) in [7, 11) is 0. The Hall–Kier alpha value is -3.53. The first kappa shape index (κ1) is 18.8. The standard InChI is InChI=1S/C25H23NO3/c1-17-3-2-4-19(13-17)16-29-24-9-5-18(6-10-25(27)28)14-22(24)20-7-8-23-21(15-20)11-12-26-23/h2-5,7-9,11-15,26H,6,10,16H2,1H3,(H,27,28). The van der Waals surface area contributed by atoms with Crippen molar-refractivity contribution in [3.63, 3.8) is 0 Å². The number of ether oxygens (including phenoxy) is 1. The van der Waals surface area contributed by atoms with E-state index in [0.717, 1.165) is 38.9 Å². The number of benzene rings is 3. The zero-order chi connectivity index (χ0) is 20.2. The lowest BCUT2D eigenvalue weighted by atomic mass is 9.98. The van der Waals surface area contributed by atoms with Crippen molar-refractivity contribution in [3.8, 4) is 16.9 Å². The smallest absolute Gasteiger partial charge is 0.303 e. The summed E-state index contributed by atoms with van der Waals surface area (Å²) in [6.07, 6.45) is 2.53. The SMILES string of the molecule is Cc1cccc(COc2ccc(CCC(=O)O)cc2-c2ccc3[nH]ccc3c2)c1. The molecule has 0 fully saturated rings. The summed E-state index contributed by atoms with van der Waals surface area (Å²) in [5.41, 5.74) is 6.41. The fourth-order valence-corrected chi connectivity index (χ4v) is 3.52. The minimum absolute atomic E-state index is 0.111. The molecule has 4 aromatic rings. The number of fused-ring (bicyclic) bond motifs is 1. The lowest BCUT2D eigenvalue weighted by molar-refractivity contribution is -0.136. The van der Waals surface area contributed by atoms with Crippen LogP contribution in [0.2, 0.25) is 0 Å². The molecule has 2 N–H and O–H groups in total. The normalized spacial score (nSPS) is 10.9. The Kier molecular flexibility index (Phi) is 5.34. The molecule has 4 rings (SSSR count). The molecule has 0 aliphatic heterocycles. The van der Waals surface area contributed by atoms with E-state index in [2.05, 4.69) is 48.3 Å². The van der Waals surface area contributed by atoms with Gasteiger partial charge in [0.25, 0.3) is 0 Å². The molecule has 0 spiro atoms. The molecule has 29 heavy (non-hydrogen) atoms.